The van der Waals surface area contributed by atoms with Gasteiger partial charge < -0.3 is 16.6 Å². The molecule has 0 saturated heterocycles. The lowest BCUT2D eigenvalue weighted by Gasteiger charge is -2.08. The smallest absolute Gasteiger partial charge is 0.321 e. The Morgan fingerprint density at radius 2 is 2.08 bits per heavy atom. The predicted octanol–water partition coefficient (Wildman–Crippen LogP) is -0.995. The van der Waals surface area contributed by atoms with Crippen molar-refractivity contribution in [2.45, 2.75) is 18.2 Å². The fraction of sp³-hybridized carbons (Fsp3) is 0.667. The van der Waals surface area contributed by atoms with Gasteiger partial charge in [0, 0.05) is 5.75 Å². The normalized spacial score (nSPS) is 15.2. The molecule has 1 amide bonds. The Hall–Kier alpha value is -0.750. The standard InChI is InChI=1S/C6H12N2O3S/c1-3(5(8)9)12-2-4(7)6(10)11/h3-4H,2,7H2,1H3,(H2,8,9)(H,10,11)/t3?,4-/m0/s1. The Bertz CT molecular complexity index is 166. The number of hydrogen-bond acceptors (Lipinski definition) is 4. The lowest BCUT2D eigenvalue weighted by Crippen LogP contribution is -2.34. The van der Waals surface area contributed by atoms with Gasteiger partial charge in [0.2, 0.25) is 5.91 Å². The number of aliphatic carboxylic acids is 1. The first-order valence-electron chi connectivity index (χ1n) is 3.34. The van der Waals surface area contributed by atoms with Crippen LogP contribution in [0.4, 0.5) is 0 Å². The number of carbonyl (C=O) groups excluding carboxylic acids is 1. The highest BCUT2D eigenvalue weighted by Gasteiger charge is 2.15. The molecule has 0 aromatic rings. The Morgan fingerprint density at radius 3 is 2.42 bits per heavy atom. The van der Waals surface area contributed by atoms with Crippen LogP contribution in [0.15, 0.2) is 0 Å². The molecule has 0 bridgehead atoms. The molecular weight excluding hydrogens is 180 g/mol. The van der Waals surface area contributed by atoms with Crippen LogP contribution in [0.5, 0.6) is 0 Å². The highest BCUT2D eigenvalue weighted by atomic mass is 32.2. The molecule has 0 radical (unpaired) electrons. The number of rotatable bonds is 5. The van der Waals surface area contributed by atoms with E-state index in [9.17, 15) is 9.59 Å². The largest absolute Gasteiger partial charge is 0.480 e. The molecule has 6 heteroatoms. The predicted molar refractivity (Wildman–Crippen MR) is 46.7 cm³/mol. The van der Waals surface area contributed by atoms with E-state index in [1.54, 1.807) is 6.92 Å². The SMILES string of the molecule is CC(SC[C@H](N)C(=O)O)C(N)=O. The van der Waals surface area contributed by atoms with E-state index >= 15 is 0 Å². The summed E-state index contributed by atoms with van der Waals surface area (Å²) in [4.78, 5) is 20.7. The van der Waals surface area contributed by atoms with E-state index in [0.717, 1.165) is 11.8 Å². The molecule has 12 heavy (non-hydrogen) atoms. The maximum atomic E-state index is 10.5. The Morgan fingerprint density at radius 1 is 1.58 bits per heavy atom. The lowest BCUT2D eigenvalue weighted by molar-refractivity contribution is -0.137. The third-order valence-corrected chi connectivity index (χ3v) is 2.53. The summed E-state index contributed by atoms with van der Waals surface area (Å²) in [6.07, 6.45) is 0. The first-order valence-corrected chi connectivity index (χ1v) is 4.39. The van der Waals surface area contributed by atoms with Gasteiger partial charge in [-0.15, -0.1) is 11.8 Å². The summed E-state index contributed by atoms with van der Waals surface area (Å²) in [6, 6.07) is -0.934. The van der Waals surface area contributed by atoms with E-state index < -0.39 is 23.2 Å². The molecule has 2 atom stereocenters. The molecule has 0 heterocycles. The minimum absolute atomic E-state index is 0.194. The zero-order valence-electron chi connectivity index (χ0n) is 6.69. The maximum absolute atomic E-state index is 10.5. The van der Waals surface area contributed by atoms with Gasteiger partial charge in [-0.3, -0.25) is 9.59 Å². The number of carboxylic acid groups (broad SMARTS) is 1. The summed E-state index contributed by atoms with van der Waals surface area (Å²) in [6.45, 7) is 1.61. The molecular formula is C6H12N2O3S. The quantitative estimate of drug-likeness (QED) is 0.518. The van der Waals surface area contributed by atoms with E-state index in [0.29, 0.717) is 0 Å². The van der Waals surface area contributed by atoms with Crippen LogP contribution in [0.3, 0.4) is 0 Å². The van der Waals surface area contributed by atoms with Crippen LogP contribution in [0.1, 0.15) is 6.92 Å². The van der Waals surface area contributed by atoms with Crippen LogP contribution in [0.2, 0.25) is 0 Å². The number of carboxylic acids is 1. The molecule has 5 nitrogen and oxygen atoms in total. The van der Waals surface area contributed by atoms with Gasteiger partial charge in [-0.25, -0.2) is 0 Å². The van der Waals surface area contributed by atoms with Crippen molar-refractivity contribution in [1.82, 2.24) is 0 Å². The van der Waals surface area contributed by atoms with Crippen molar-refractivity contribution in [3.05, 3.63) is 0 Å². The molecule has 0 aliphatic rings. The van der Waals surface area contributed by atoms with Crippen molar-refractivity contribution in [2.24, 2.45) is 11.5 Å². The van der Waals surface area contributed by atoms with Gasteiger partial charge in [-0.1, -0.05) is 0 Å². The molecule has 5 N–H and O–H groups in total. The van der Waals surface area contributed by atoms with Crippen LogP contribution >= 0.6 is 11.8 Å². The van der Waals surface area contributed by atoms with Gasteiger partial charge in [-0.05, 0) is 6.92 Å². The molecule has 70 valence electrons. The Balaban J connectivity index is 3.68. The van der Waals surface area contributed by atoms with Gasteiger partial charge in [0.05, 0.1) is 5.25 Å². The van der Waals surface area contributed by atoms with Crippen LogP contribution in [-0.4, -0.2) is 34.0 Å². The summed E-state index contributed by atoms with van der Waals surface area (Å²) >= 11 is 1.14. The molecule has 0 aromatic carbocycles. The van der Waals surface area contributed by atoms with E-state index in [2.05, 4.69) is 0 Å². The van der Waals surface area contributed by atoms with Gasteiger partial charge in [0.25, 0.3) is 0 Å². The average molecular weight is 192 g/mol. The second-order valence-corrected chi connectivity index (χ2v) is 3.70. The third kappa shape index (κ3) is 4.20. The third-order valence-electron chi connectivity index (χ3n) is 1.24. The molecule has 0 saturated carbocycles. The molecule has 0 spiro atoms. The Kier molecular flexibility index (Phi) is 4.68. The molecule has 0 aromatic heterocycles. The van der Waals surface area contributed by atoms with Gasteiger partial charge in [0.15, 0.2) is 0 Å². The first-order chi connectivity index (χ1) is 5.45. The molecule has 0 aliphatic carbocycles. The van der Waals surface area contributed by atoms with E-state index in [1.807, 2.05) is 0 Å². The van der Waals surface area contributed by atoms with Gasteiger partial charge in [-0.2, -0.15) is 0 Å². The van der Waals surface area contributed by atoms with Gasteiger partial charge >= 0.3 is 5.97 Å². The minimum Gasteiger partial charge on any atom is -0.480 e. The summed E-state index contributed by atoms with van der Waals surface area (Å²) in [5.41, 5.74) is 10.1. The molecule has 0 fully saturated rings. The van der Waals surface area contributed by atoms with Crippen molar-refractivity contribution >= 4 is 23.6 Å². The summed E-state index contributed by atoms with van der Waals surface area (Å²) in [7, 11) is 0. The lowest BCUT2D eigenvalue weighted by atomic mass is 10.4. The number of carbonyl (C=O) groups is 2. The van der Waals surface area contributed by atoms with Crippen LogP contribution in [0.25, 0.3) is 0 Å². The highest BCUT2D eigenvalue weighted by molar-refractivity contribution is 8.00. The van der Waals surface area contributed by atoms with Gasteiger partial charge in [0.1, 0.15) is 6.04 Å². The fourth-order valence-corrected chi connectivity index (χ4v) is 1.20. The zero-order valence-corrected chi connectivity index (χ0v) is 7.50. The number of thioether (sulfide) groups is 1. The number of nitrogens with two attached hydrogens (primary N) is 2. The topological polar surface area (TPSA) is 106 Å². The second-order valence-electron chi connectivity index (χ2n) is 2.32. The maximum Gasteiger partial charge on any atom is 0.321 e. The van der Waals surface area contributed by atoms with Crippen molar-refractivity contribution in [3.63, 3.8) is 0 Å². The molecule has 1 unspecified atom stereocenters. The number of hydrogen-bond donors (Lipinski definition) is 3. The van der Waals surface area contributed by atoms with Crippen LogP contribution < -0.4 is 11.5 Å². The monoisotopic (exact) mass is 192 g/mol. The Labute approximate surface area is 74.5 Å². The summed E-state index contributed by atoms with van der Waals surface area (Å²) in [5.74, 6) is -1.34. The van der Waals surface area contributed by atoms with Crippen molar-refractivity contribution in [1.29, 1.82) is 0 Å². The van der Waals surface area contributed by atoms with E-state index in [-0.39, 0.29) is 5.75 Å². The first kappa shape index (κ1) is 11.2. The fourth-order valence-electron chi connectivity index (χ4n) is 0.401. The van der Waals surface area contributed by atoms with Crippen molar-refractivity contribution in [3.8, 4) is 0 Å². The molecule has 0 rings (SSSR count). The van der Waals surface area contributed by atoms with E-state index in [1.165, 1.54) is 0 Å². The highest BCUT2D eigenvalue weighted by Crippen LogP contribution is 2.10. The zero-order chi connectivity index (χ0) is 9.72. The molecule has 0 aliphatic heterocycles. The summed E-state index contributed by atoms with van der Waals surface area (Å²) in [5, 5.41) is 7.99. The van der Waals surface area contributed by atoms with E-state index in [4.69, 9.17) is 16.6 Å². The minimum atomic E-state index is -1.07. The second kappa shape index (κ2) is 5.00. The number of amides is 1. The summed E-state index contributed by atoms with van der Waals surface area (Å²) < 4.78 is 0. The van der Waals surface area contributed by atoms with Crippen LogP contribution in [0, 0.1) is 0 Å². The number of primary amides is 1. The van der Waals surface area contributed by atoms with Crippen LogP contribution in [-0.2, 0) is 9.59 Å². The average Bonchev–Trinajstić information content (AvgIpc) is 1.98. The van der Waals surface area contributed by atoms with Crippen molar-refractivity contribution < 1.29 is 14.7 Å². The van der Waals surface area contributed by atoms with Crippen molar-refractivity contribution in [2.75, 3.05) is 5.75 Å².